The summed E-state index contributed by atoms with van der Waals surface area (Å²) in [5.41, 5.74) is 0.552. The van der Waals surface area contributed by atoms with Gasteiger partial charge >= 0.3 is 0 Å². The van der Waals surface area contributed by atoms with E-state index in [0.29, 0.717) is 5.41 Å². The van der Waals surface area contributed by atoms with Gasteiger partial charge < -0.3 is 9.47 Å². The Labute approximate surface area is 105 Å². The van der Waals surface area contributed by atoms with Gasteiger partial charge in [-0.15, -0.1) is 0 Å². The average Bonchev–Trinajstić information content (AvgIpc) is 2.25. The first-order chi connectivity index (χ1) is 8.19. The third kappa shape index (κ3) is 2.39. The smallest absolute Gasteiger partial charge is 0.0780 e. The van der Waals surface area contributed by atoms with Crippen molar-refractivity contribution in [3.05, 3.63) is 0 Å². The highest BCUT2D eigenvalue weighted by molar-refractivity contribution is 5.01. The molecule has 0 radical (unpaired) electrons. The zero-order chi connectivity index (χ0) is 11.9. The number of hydrogen-bond donors (Lipinski definition) is 0. The first-order valence-corrected chi connectivity index (χ1v) is 7.30. The molecule has 4 aliphatic rings. The summed E-state index contributed by atoms with van der Waals surface area (Å²) in [7, 11) is 1.75. The molecule has 0 amide bonds. The molecule has 2 heteroatoms. The van der Waals surface area contributed by atoms with Crippen LogP contribution in [0.25, 0.3) is 0 Å². The molecule has 17 heavy (non-hydrogen) atoms. The van der Waals surface area contributed by atoms with Crippen molar-refractivity contribution in [2.45, 2.75) is 51.6 Å². The van der Waals surface area contributed by atoms with Gasteiger partial charge in [0.1, 0.15) is 0 Å². The number of rotatable bonds is 5. The molecule has 4 rings (SSSR count). The Hall–Kier alpha value is -0.0800. The van der Waals surface area contributed by atoms with Gasteiger partial charge in [0.05, 0.1) is 19.3 Å². The molecule has 0 aromatic rings. The molecule has 2 nitrogen and oxygen atoms in total. The van der Waals surface area contributed by atoms with Crippen molar-refractivity contribution in [3.63, 3.8) is 0 Å². The third-order valence-electron chi connectivity index (χ3n) is 5.24. The predicted molar refractivity (Wildman–Crippen MR) is 67.9 cm³/mol. The molecule has 0 aromatic heterocycles. The fourth-order valence-electron chi connectivity index (χ4n) is 5.07. The highest BCUT2D eigenvalue weighted by Gasteiger charge is 2.50. The lowest BCUT2D eigenvalue weighted by atomic mass is 9.50. The fourth-order valence-corrected chi connectivity index (χ4v) is 5.07. The van der Waals surface area contributed by atoms with Gasteiger partial charge in [-0.25, -0.2) is 0 Å². The predicted octanol–water partition coefficient (Wildman–Crippen LogP) is 3.25. The Morgan fingerprint density at radius 1 is 1.06 bits per heavy atom. The van der Waals surface area contributed by atoms with Crippen molar-refractivity contribution < 1.29 is 9.47 Å². The van der Waals surface area contributed by atoms with Gasteiger partial charge in [0.2, 0.25) is 0 Å². The number of hydrogen-bond acceptors (Lipinski definition) is 2. The van der Waals surface area contributed by atoms with Gasteiger partial charge in [0.15, 0.2) is 0 Å². The Morgan fingerprint density at radius 3 is 2.06 bits per heavy atom. The lowest BCUT2D eigenvalue weighted by Crippen LogP contribution is -2.48. The fraction of sp³-hybridized carbons (Fsp3) is 1.00. The van der Waals surface area contributed by atoms with Crippen molar-refractivity contribution in [1.82, 2.24) is 0 Å². The Balaban J connectivity index is 1.58. The molecule has 4 fully saturated rings. The molecular weight excluding hydrogens is 212 g/mol. The Kier molecular flexibility index (Phi) is 3.20. The zero-order valence-corrected chi connectivity index (χ0v) is 11.3. The van der Waals surface area contributed by atoms with E-state index in [-0.39, 0.29) is 6.10 Å². The first-order valence-electron chi connectivity index (χ1n) is 7.30. The molecule has 0 aliphatic heterocycles. The van der Waals surface area contributed by atoms with Crippen LogP contribution in [0.5, 0.6) is 0 Å². The van der Waals surface area contributed by atoms with Crippen LogP contribution in [0.2, 0.25) is 0 Å². The summed E-state index contributed by atoms with van der Waals surface area (Å²) in [6.07, 6.45) is 9.15. The third-order valence-corrected chi connectivity index (χ3v) is 5.24. The maximum absolute atomic E-state index is 6.04. The van der Waals surface area contributed by atoms with Crippen molar-refractivity contribution in [2.24, 2.45) is 23.2 Å². The van der Waals surface area contributed by atoms with Gasteiger partial charge in [0, 0.05) is 7.11 Å². The highest BCUT2D eigenvalue weighted by atomic mass is 16.5. The van der Waals surface area contributed by atoms with Crippen molar-refractivity contribution in [1.29, 1.82) is 0 Å². The summed E-state index contributed by atoms with van der Waals surface area (Å²) in [6.45, 7) is 3.84. The maximum Gasteiger partial charge on any atom is 0.0780 e. The SMILES string of the molecule is COCC(C)OCC12CC3CC(CC(C3)C1)C2. The Bertz CT molecular complexity index is 239. The molecule has 0 saturated heterocycles. The van der Waals surface area contributed by atoms with Gasteiger partial charge in [-0.2, -0.15) is 0 Å². The standard InChI is InChI=1S/C15H26O2/c1-11(9-16-2)17-10-15-6-12-3-13(7-15)5-14(4-12)8-15/h11-14H,3-10H2,1-2H3. The maximum atomic E-state index is 6.04. The van der Waals surface area contributed by atoms with Crippen molar-refractivity contribution in [3.8, 4) is 0 Å². The second kappa shape index (κ2) is 4.55. The lowest BCUT2D eigenvalue weighted by molar-refractivity contribution is -0.116. The lowest BCUT2D eigenvalue weighted by Gasteiger charge is -2.56. The Morgan fingerprint density at radius 2 is 1.59 bits per heavy atom. The van der Waals surface area contributed by atoms with E-state index in [9.17, 15) is 0 Å². The second-order valence-electron chi connectivity index (χ2n) is 6.99. The minimum Gasteiger partial charge on any atom is -0.382 e. The molecular formula is C15H26O2. The number of ether oxygens (including phenoxy) is 2. The van der Waals surface area contributed by atoms with Crippen molar-refractivity contribution >= 4 is 0 Å². The monoisotopic (exact) mass is 238 g/mol. The molecule has 1 unspecified atom stereocenters. The minimum atomic E-state index is 0.257. The normalized spacial score (nSPS) is 45.2. The molecule has 1 atom stereocenters. The zero-order valence-electron chi connectivity index (χ0n) is 11.3. The van der Waals surface area contributed by atoms with Crippen LogP contribution in [0.1, 0.15) is 45.4 Å². The summed E-state index contributed by atoms with van der Waals surface area (Å²) in [6, 6.07) is 0. The van der Waals surface area contributed by atoms with Crippen LogP contribution in [-0.4, -0.2) is 26.4 Å². The summed E-state index contributed by atoms with van der Waals surface area (Å²) in [5.74, 6) is 3.09. The van der Waals surface area contributed by atoms with Crippen LogP contribution in [0.15, 0.2) is 0 Å². The average molecular weight is 238 g/mol. The largest absolute Gasteiger partial charge is 0.382 e. The first kappa shape index (κ1) is 12.0. The van der Waals surface area contributed by atoms with Crippen LogP contribution in [0.3, 0.4) is 0 Å². The number of methoxy groups -OCH3 is 1. The molecule has 0 N–H and O–H groups in total. The van der Waals surface area contributed by atoms with Crippen molar-refractivity contribution in [2.75, 3.05) is 20.3 Å². The summed E-state index contributed by atoms with van der Waals surface area (Å²) >= 11 is 0. The highest BCUT2D eigenvalue weighted by Crippen LogP contribution is 2.60. The van der Waals surface area contributed by atoms with E-state index in [1.54, 1.807) is 7.11 Å². The molecule has 98 valence electrons. The molecule has 4 saturated carbocycles. The molecule has 4 aliphatic carbocycles. The molecule has 0 heterocycles. The van der Waals surface area contributed by atoms with E-state index in [0.717, 1.165) is 31.0 Å². The molecule has 4 bridgehead atoms. The van der Waals surface area contributed by atoms with E-state index >= 15 is 0 Å². The van der Waals surface area contributed by atoms with Gasteiger partial charge in [-0.1, -0.05) is 0 Å². The second-order valence-corrected chi connectivity index (χ2v) is 6.99. The van der Waals surface area contributed by atoms with Crippen LogP contribution in [0.4, 0.5) is 0 Å². The topological polar surface area (TPSA) is 18.5 Å². The van der Waals surface area contributed by atoms with E-state index in [4.69, 9.17) is 9.47 Å². The summed E-state index contributed by atoms with van der Waals surface area (Å²) in [5, 5.41) is 0. The molecule has 0 spiro atoms. The van der Waals surface area contributed by atoms with Gasteiger partial charge in [-0.05, 0) is 68.6 Å². The van der Waals surface area contributed by atoms with E-state index < -0.39 is 0 Å². The van der Waals surface area contributed by atoms with Crippen LogP contribution < -0.4 is 0 Å². The van der Waals surface area contributed by atoms with E-state index in [2.05, 4.69) is 6.92 Å². The van der Waals surface area contributed by atoms with Gasteiger partial charge in [-0.3, -0.25) is 0 Å². The van der Waals surface area contributed by atoms with E-state index in [1.165, 1.54) is 38.5 Å². The minimum absolute atomic E-state index is 0.257. The van der Waals surface area contributed by atoms with Crippen LogP contribution >= 0.6 is 0 Å². The molecule has 0 aromatic carbocycles. The summed E-state index contributed by atoms with van der Waals surface area (Å²) < 4.78 is 11.2. The van der Waals surface area contributed by atoms with Crippen LogP contribution in [-0.2, 0) is 9.47 Å². The van der Waals surface area contributed by atoms with E-state index in [1.807, 2.05) is 0 Å². The van der Waals surface area contributed by atoms with Gasteiger partial charge in [0.25, 0.3) is 0 Å². The summed E-state index contributed by atoms with van der Waals surface area (Å²) in [4.78, 5) is 0. The van der Waals surface area contributed by atoms with Crippen LogP contribution in [0, 0.1) is 23.2 Å². The quantitative estimate of drug-likeness (QED) is 0.732.